The van der Waals surface area contributed by atoms with Crippen molar-refractivity contribution in [1.29, 1.82) is 0 Å². The molecule has 0 aliphatic heterocycles. The summed E-state index contributed by atoms with van der Waals surface area (Å²) in [6.45, 7) is 0. The van der Waals surface area contributed by atoms with Crippen molar-refractivity contribution >= 4 is 5.69 Å². The van der Waals surface area contributed by atoms with Crippen molar-refractivity contribution in [1.82, 2.24) is 4.98 Å². The molecule has 0 amide bonds. The molecule has 1 aromatic carbocycles. The predicted molar refractivity (Wildman–Crippen MR) is 59.1 cm³/mol. The largest absolute Gasteiger partial charge is 0.417 e. The highest BCUT2D eigenvalue weighted by Gasteiger charge is 2.33. The molecule has 2 rings (SSSR count). The van der Waals surface area contributed by atoms with Gasteiger partial charge in [0.2, 0.25) is 0 Å². The van der Waals surface area contributed by atoms with Gasteiger partial charge in [0.25, 0.3) is 0 Å². The molecule has 0 saturated heterocycles. The van der Waals surface area contributed by atoms with Gasteiger partial charge in [-0.15, -0.1) is 0 Å². The maximum absolute atomic E-state index is 12.8. The minimum atomic E-state index is -4.43. The molecule has 0 aliphatic carbocycles. The van der Waals surface area contributed by atoms with Crippen LogP contribution in [0.2, 0.25) is 0 Å². The van der Waals surface area contributed by atoms with E-state index in [1.807, 2.05) is 0 Å². The molecular weight excluding hydrogens is 229 g/mol. The lowest BCUT2D eigenvalue weighted by atomic mass is 10.00. The fourth-order valence-electron chi connectivity index (χ4n) is 1.57. The Kier molecular flexibility index (Phi) is 2.75. The molecular formula is C12H9F3N2. The Bertz CT molecular complexity index is 521. The van der Waals surface area contributed by atoms with Crippen molar-refractivity contribution in [3.8, 4) is 11.1 Å². The van der Waals surface area contributed by atoms with Crippen molar-refractivity contribution in [2.45, 2.75) is 6.18 Å². The number of hydrogen-bond acceptors (Lipinski definition) is 2. The van der Waals surface area contributed by atoms with E-state index >= 15 is 0 Å². The number of rotatable bonds is 1. The maximum atomic E-state index is 12.8. The zero-order valence-electron chi connectivity index (χ0n) is 8.70. The van der Waals surface area contributed by atoms with Gasteiger partial charge in [0.1, 0.15) is 0 Å². The van der Waals surface area contributed by atoms with Gasteiger partial charge in [-0.05, 0) is 23.8 Å². The average molecular weight is 238 g/mol. The van der Waals surface area contributed by atoms with E-state index in [0.717, 1.165) is 6.07 Å². The third-order valence-corrected chi connectivity index (χ3v) is 2.32. The number of pyridine rings is 1. The average Bonchev–Trinajstić information content (AvgIpc) is 2.29. The number of alkyl halides is 3. The van der Waals surface area contributed by atoms with Gasteiger partial charge in [-0.25, -0.2) is 0 Å². The Morgan fingerprint density at radius 3 is 2.47 bits per heavy atom. The Labute approximate surface area is 95.9 Å². The minimum Gasteiger partial charge on any atom is -0.399 e. The molecule has 0 fully saturated rings. The fraction of sp³-hybridized carbons (Fsp3) is 0.0833. The lowest BCUT2D eigenvalue weighted by Gasteiger charge is -2.13. The Morgan fingerprint density at radius 1 is 1.12 bits per heavy atom. The summed E-state index contributed by atoms with van der Waals surface area (Å²) in [5.41, 5.74) is 5.23. The summed E-state index contributed by atoms with van der Waals surface area (Å²) in [5.74, 6) is 0. The zero-order valence-corrected chi connectivity index (χ0v) is 8.70. The third kappa shape index (κ3) is 2.38. The number of benzene rings is 1. The molecule has 1 aromatic heterocycles. The van der Waals surface area contributed by atoms with Crippen LogP contribution in [0.15, 0.2) is 42.7 Å². The van der Waals surface area contributed by atoms with Gasteiger partial charge in [-0.3, -0.25) is 4.98 Å². The van der Waals surface area contributed by atoms with E-state index in [1.165, 1.54) is 24.5 Å². The van der Waals surface area contributed by atoms with Crippen LogP contribution in [0, 0.1) is 0 Å². The number of anilines is 1. The molecule has 17 heavy (non-hydrogen) atoms. The molecule has 0 saturated carbocycles. The van der Waals surface area contributed by atoms with Crippen LogP contribution in [0.25, 0.3) is 11.1 Å². The number of nitrogens with two attached hydrogens (primary N) is 1. The first-order chi connectivity index (χ1) is 7.98. The summed E-state index contributed by atoms with van der Waals surface area (Å²) in [7, 11) is 0. The predicted octanol–water partition coefficient (Wildman–Crippen LogP) is 3.35. The second-order valence-corrected chi connectivity index (χ2v) is 3.54. The van der Waals surface area contributed by atoms with Crippen molar-refractivity contribution in [3.05, 3.63) is 48.3 Å². The summed E-state index contributed by atoms with van der Waals surface area (Å²) >= 11 is 0. The molecule has 2 aromatic rings. The summed E-state index contributed by atoms with van der Waals surface area (Å²) < 4.78 is 38.5. The van der Waals surface area contributed by atoms with E-state index in [9.17, 15) is 13.2 Å². The molecule has 2 N–H and O–H groups in total. The van der Waals surface area contributed by atoms with Crippen LogP contribution in [-0.2, 0) is 6.18 Å². The zero-order chi connectivity index (χ0) is 12.5. The normalized spacial score (nSPS) is 11.5. The molecule has 1 heterocycles. The van der Waals surface area contributed by atoms with E-state index in [0.29, 0.717) is 5.56 Å². The smallest absolute Gasteiger partial charge is 0.399 e. The van der Waals surface area contributed by atoms with Crippen LogP contribution in [-0.4, -0.2) is 4.98 Å². The van der Waals surface area contributed by atoms with Gasteiger partial charge >= 0.3 is 6.18 Å². The molecule has 0 aliphatic rings. The van der Waals surface area contributed by atoms with Crippen LogP contribution in [0.4, 0.5) is 18.9 Å². The maximum Gasteiger partial charge on any atom is 0.417 e. The van der Waals surface area contributed by atoms with Gasteiger partial charge < -0.3 is 5.73 Å². The Hall–Kier alpha value is -2.04. The molecule has 5 heteroatoms. The minimum absolute atomic E-state index is 0.0831. The van der Waals surface area contributed by atoms with Gasteiger partial charge in [0, 0.05) is 23.6 Å². The molecule has 0 spiro atoms. The van der Waals surface area contributed by atoms with E-state index < -0.39 is 11.7 Å². The third-order valence-electron chi connectivity index (χ3n) is 2.32. The Morgan fingerprint density at radius 2 is 1.88 bits per heavy atom. The lowest BCUT2D eigenvalue weighted by molar-refractivity contribution is -0.137. The standard InChI is InChI=1S/C12H9F3N2/c13-12(14,15)11-6-9(16)3-4-10(11)8-2-1-5-17-7-8/h1-7H,16H2. The van der Waals surface area contributed by atoms with Crippen LogP contribution in [0.1, 0.15) is 5.56 Å². The SMILES string of the molecule is Nc1ccc(-c2cccnc2)c(C(F)(F)F)c1. The van der Waals surface area contributed by atoms with Gasteiger partial charge in [-0.2, -0.15) is 13.2 Å². The van der Waals surface area contributed by atoms with E-state index in [1.54, 1.807) is 12.1 Å². The summed E-state index contributed by atoms with van der Waals surface area (Å²) in [6.07, 6.45) is -1.53. The van der Waals surface area contributed by atoms with E-state index in [4.69, 9.17) is 5.73 Å². The molecule has 0 atom stereocenters. The number of nitrogens with zero attached hydrogens (tertiary/aromatic N) is 1. The first-order valence-corrected chi connectivity index (χ1v) is 4.85. The monoisotopic (exact) mass is 238 g/mol. The molecule has 0 bridgehead atoms. The van der Waals surface area contributed by atoms with Crippen molar-refractivity contribution in [3.63, 3.8) is 0 Å². The molecule has 0 radical (unpaired) electrons. The van der Waals surface area contributed by atoms with Gasteiger partial charge in [0.05, 0.1) is 5.56 Å². The van der Waals surface area contributed by atoms with Crippen LogP contribution >= 0.6 is 0 Å². The van der Waals surface area contributed by atoms with Crippen molar-refractivity contribution in [2.75, 3.05) is 5.73 Å². The first kappa shape index (κ1) is 11.4. The van der Waals surface area contributed by atoms with Crippen LogP contribution < -0.4 is 5.73 Å². The highest BCUT2D eigenvalue weighted by Crippen LogP contribution is 2.37. The van der Waals surface area contributed by atoms with Crippen LogP contribution in [0.5, 0.6) is 0 Å². The van der Waals surface area contributed by atoms with E-state index in [2.05, 4.69) is 4.98 Å². The highest BCUT2D eigenvalue weighted by molar-refractivity contribution is 5.69. The van der Waals surface area contributed by atoms with Crippen LogP contribution in [0.3, 0.4) is 0 Å². The van der Waals surface area contributed by atoms with Crippen molar-refractivity contribution in [2.24, 2.45) is 0 Å². The second-order valence-electron chi connectivity index (χ2n) is 3.54. The first-order valence-electron chi connectivity index (χ1n) is 4.85. The molecule has 2 nitrogen and oxygen atoms in total. The summed E-state index contributed by atoms with van der Waals surface area (Å²) in [5, 5.41) is 0. The van der Waals surface area contributed by atoms with Gasteiger partial charge in [-0.1, -0.05) is 12.1 Å². The topological polar surface area (TPSA) is 38.9 Å². The lowest BCUT2D eigenvalue weighted by Crippen LogP contribution is -2.08. The number of nitrogen functional groups attached to an aromatic ring is 1. The highest BCUT2D eigenvalue weighted by atomic mass is 19.4. The number of aromatic nitrogens is 1. The Balaban J connectivity index is 2.63. The molecule has 0 unspecified atom stereocenters. The summed E-state index contributed by atoms with van der Waals surface area (Å²) in [6, 6.07) is 6.90. The van der Waals surface area contributed by atoms with Crippen molar-refractivity contribution < 1.29 is 13.2 Å². The van der Waals surface area contributed by atoms with Gasteiger partial charge in [0.15, 0.2) is 0 Å². The number of hydrogen-bond donors (Lipinski definition) is 1. The molecule has 88 valence electrons. The quantitative estimate of drug-likeness (QED) is 0.774. The number of halogens is 3. The summed E-state index contributed by atoms with van der Waals surface area (Å²) in [4.78, 5) is 3.81. The second kappa shape index (κ2) is 4.08. The van der Waals surface area contributed by atoms with E-state index in [-0.39, 0.29) is 11.3 Å². The fourth-order valence-corrected chi connectivity index (χ4v) is 1.57.